The fourth-order valence-electron chi connectivity index (χ4n) is 1.78. The summed E-state index contributed by atoms with van der Waals surface area (Å²) in [5.74, 6) is 1.22. The van der Waals surface area contributed by atoms with Crippen LogP contribution in [0.1, 0.15) is 23.9 Å². The van der Waals surface area contributed by atoms with Gasteiger partial charge in [0.05, 0.1) is 10.5 Å². The smallest absolute Gasteiger partial charge is 0.311 e. The topological polar surface area (TPSA) is 104 Å². The zero-order chi connectivity index (χ0) is 15.6. The maximum absolute atomic E-state index is 11.1. The second-order valence-corrected chi connectivity index (χ2v) is 4.64. The minimum atomic E-state index is -0.483. The third-order valence-corrected chi connectivity index (χ3v) is 3.02. The van der Waals surface area contributed by atoms with Gasteiger partial charge in [-0.25, -0.2) is 4.98 Å². The minimum absolute atomic E-state index is 0.107. The summed E-state index contributed by atoms with van der Waals surface area (Å²) >= 11 is 0. The van der Waals surface area contributed by atoms with Gasteiger partial charge in [0, 0.05) is 12.5 Å². The predicted octanol–water partition coefficient (Wildman–Crippen LogP) is 2.94. The molecule has 110 valence electrons. The highest BCUT2D eigenvalue weighted by atomic mass is 16.6. The van der Waals surface area contributed by atoms with Crippen LogP contribution in [0.4, 0.5) is 11.5 Å². The number of nitrogens with two attached hydrogens (primary N) is 1. The molecule has 7 heteroatoms. The van der Waals surface area contributed by atoms with Crippen molar-refractivity contribution in [3.05, 3.63) is 45.3 Å². The molecule has 2 N–H and O–H groups in total. The van der Waals surface area contributed by atoms with E-state index in [2.05, 4.69) is 9.97 Å². The highest BCUT2D eigenvalue weighted by Crippen LogP contribution is 2.33. The van der Waals surface area contributed by atoms with E-state index in [9.17, 15) is 10.1 Å². The molecule has 0 amide bonds. The molecule has 2 aromatic rings. The summed E-state index contributed by atoms with van der Waals surface area (Å²) in [6.45, 7) is 5.38. The lowest BCUT2D eigenvalue weighted by Crippen LogP contribution is -2.05. The van der Waals surface area contributed by atoms with Crippen LogP contribution in [0.3, 0.4) is 0 Å². The first-order valence-electron chi connectivity index (χ1n) is 6.48. The summed E-state index contributed by atoms with van der Waals surface area (Å²) in [4.78, 5) is 19.0. The van der Waals surface area contributed by atoms with Crippen molar-refractivity contribution in [2.45, 2.75) is 27.2 Å². The molecule has 0 radical (unpaired) electrons. The molecule has 0 spiro atoms. The first-order chi connectivity index (χ1) is 9.92. The number of hydrogen-bond donors (Lipinski definition) is 1. The maximum atomic E-state index is 11.1. The second kappa shape index (κ2) is 5.74. The Balaban J connectivity index is 2.48. The van der Waals surface area contributed by atoms with Crippen LogP contribution in [0.25, 0.3) is 0 Å². The largest absolute Gasteiger partial charge is 0.431 e. The second-order valence-electron chi connectivity index (χ2n) is 4.64. The van der Waals surface area contributed by atoms with Crippen LogP contribution in [0.15, 0.2) is 18.2 Å². The van der Waals surface area contributed by atoms with E-state index in [1.165, 1.54) is 6.07 Å². The number of anilines is 1. The van der Waals surface area contributed by atoms with Crippen LogP contribution in [0, 0.1) is 24.0 Å². The van der Waals surface area contributed by atoms with Crippen molar-refractivity contribution in [2.75, 3.05) is 5.73 Å². The number of nitrogens with zero attached hydrogens (tertiary/aromatic N) is 3. The van der Waals surface area contributed by atoms with E-state index in [1.54, 1.807) is 26.0 Å². The van der Waals surface area contributed by atoms with Crippen molar-refractivity contribution in [1.29, 1.82) is 0 Å². The van der Waals surface area contributed by atoms with Gasteiger partial charge in [-0.15, -0.1) is 0 Å². The van der Waals surface area contributed by atoms with Crippen LogP contribution >= 0.6 is 0 Å². The van der Waals surface area contributed by atoms with Gasteiger partial charge in [-0.3, -0.25) is 10.1 Å². The van der Waals surface area contributed by atoms with Gasteiger partial charge < -0.3 is 10.5 Å². The number of hydrogen-bond acceptors (Lipinski definition) is 6. The number of ether oxygens (including phenoxy) is 1. The summed E-state index contributed by atoms with van der Waals surface area (Å²) in [6, 6.07) is 4.75. The van der Waals surface area contributed by atoms with E-state index in [4.69, 9.17) is 10.5 Å². The Hall–Kier alpha value is -2.70. The first-order valence-corrected chi connectivity index (χ1v) is 6.48. The molecule has 0 unspecified atom stereocenters. The Labute approximate surface area is 121 Å². The van der Waals surface area contributed by atoms with Crippen molar-refractivity contribution in [2.24, 2.45) is 0 Å². The Bertz CT molecular complexity index is 701. The van der Waals surface area contributed by atoms with Gasteiger partial charge >= 0.3 is 5.69 Å². The monoisotopic (exact) mass is 288 g/mol. The molecule has 1 aromatic heterocycles. The summed E-state index contributed by atoms with van der Waals surface area (Å²) in [5.41, 5.74) is 7.04. The lowest BCUT2D eigenvalue weighted by Gasteiger charge is -2.11. The Morgan fingerprint density at radius 1 is 1.33 bits per heavy atom. The molecule has 0 bridgehead atoms. The fourth-order valence-corrected chi connectivity index (χ4v) is 1.78. The number of nitro benzene ring substituents is 1. The maximum Gasteiger partial charge on any atom is 0.311 e. The quantitative estimate of drug-likeness (QED) is 0.685. The minimum Gasteiger partial charge on any atom is -0.431 e. The van der Waals surface area contributed by atoms with Gasteiger partial charge in [0.25, 0.3) is 0 Å². The van der Waals surface area contributed by atoms with E-state index in [0.717, 1.165) is 5.56 Å². The average Bonchev–Trinajstić information content (AvgIpc) is 2.45. The lowest BCUT2D eigenvalue weighted by atomic mass is 10.2. The van der Waals surface area contributed by atoms with E-state index in [-0.39, 0.29) is 17.3 Å². The van der Waals surface area contributed by atoms with Gasteiger partial charge in [-0.1, -0.05) is 13.0 Å². The van der Waals surface area contributed by atoms with E-state index in [1.807, 2.05) is 6.92 Å². The van der Waals surface area contributed by atoms with E-state index < -0.39 is 4.92 Å². The van der Waals surface area contributed by atoms with Crippen molar-refractivity contribution >= 4 is 11.5 Å². The van der Waals surface area contributed by atoms with Crippen molar-refractivity contribution in [3.63, 3.8) is 0 Å². The zero-order valence-corrected chi connectivity index (χ0v) is 12.1. The molecule has 0 fully saturated rings. The van der Waals surface area contributed by atoms with Crippen molar-refractivity contribution in [3.8, 4) is 11.6 Å². The van der Waals surface area contributed by atoms with Crippen LogP contribution < -0.4 is 10.5 Å². The van der Waals surface area contributed by atoms with E-state index >= 15 is 0 Å². The number of rotatable bonds is 4. The molecule has 0 saturated carbocycles. The van der Waals surface area contributed by atoms with Gasteiger partial charge in [-0.05, 0) is 25.5 Å². The lowest BCUT2D eigenvalue weighted by molar-refractivity contribution is -0.385. The number of benzene rings is 1. The molecule has 0 aliphatic heterocycles. The Kier molecular flexibility index (Phi) is 4.02. The summed E-state index contributed by atoms with van der Waals surface area (Å²) in [5, 5.41) is 11.1. The van der Waals surface area contributed by atoms with Crippen molar-refractivity contribution in [1.82, 2.24) is 9.97 Å². The fraction of sp³-hybridized carbons (Fsp3) is 0.286. The number of aromatic nitrogens is 2. The summed E-state index contributed by atoms with van der Waals surface area (Å²) < 4.78 is 5.61. The van der Waals surface area contributed by atoms with Crippen LogP contribution in [0.5, 0.6) is 11.6 Å². The number of aryl methyl sites for hydroxylation is 2. The van der Waals surface area contributed by atoms with Gasteiger partial charge in [0.15, 0.2) is 0 Å². The standard InChI is InChI=1S/C14H16N4O3/c1-4-12-16-13(15)9(3)14(17-12)21-11-6-5-8(2)7-10(11)18(19)20/h5-7H,4H2,1-3H3,(H2,15,16,17). The Morgan fingerprint density at radius 3 is 2.67 bits per heavy atom. The third-order valence-electron chi connectivity index (χ3n) is 3.02. The molecule has 7 nitrogen and oxygen atoms in total. The zero-order valence-electron chi connectivity index (χ0n) is 12.1. The molecule has 1 heterocycles. The third kappa shape index (κ3) is 3.07. The molecule has 0 aliphatic carbocycles. The summed E-state index contributed by atoms with van der Waals surface area (Å²) in [6.07, 6.45) is 0.594. The van der Waals surface area contributed by atoms with Crippen LogP contribution in [-0.2, 0) is 6.42 Å². The first kappa shape index (κ1) is 14.7. The molecule has 0 atom stereocenters. The highest BCUT2D eigenvalue weighted by molar-refractivity contribution is 5.52. The molecular formula is C14H16N4O3. The van der Waals surface area contributed by atoms with Crippen molar-refractivity contribution < 1.29 is 9.66 Å². The molecule has 1 aromatic carbocycles. The molecular weight excluding hydrogens is 272 g/mol. The van der Waals surface area contributed by atoms with Gasteiger partial charge in [0.2, 0.25) is 11.6 Å². The summed E-state index contributed by atoms with van der Waals surface area (Å²) in [7, 11) is 0. The number of nitro groups is 1. The Morgan fingerprint density at radius 2 is 2.05 bits per heavy atom. The highest BCUT2D eigenvalue weighted by Gasteiger charge is 2.18. The van der Waals surface area contributed by atoms with Crippen LogP contribution in [-0.4, -0.2) is 14.9 Å². The normalized spacial score (nSPS) is 10.4. The number of nitrogen functional groups attached to an aromatic ring is 1. The molecule has 0 saturated heterocycles. The average molecular weight is 288 g/mol. The molecule has 21 heavy (non-hydrogen) atoms. The van der Waals surface area contributed by atoms with Gasteiger partial charge in [0.1, 0.15) is 11.6 Å². The van der Waals surface area contributed by atoms with Gasteiger partial charge in [-0.2, -0.15) is 4.98 Å². The SMILES string of the molecule is CCc1nc(N)c(C)c(Oc2ccc(C)cc2[N+](=O)[O-])n1. The molecule has 0 aliphatic rings. The van der Waals surface area contributed by atoms with E-state index in [0.29, 0.717) is 23.6 Å². The van der Waals surface area contributed by atoms with Crippen LogP contribution in [0.2, 0.25) is 0 Å². The molecule has 2 rings (SSSR count). The predicted molar refractivity (Wildman–Crippen MR) is 78.5 cm³/mol.